The van der Waals surface area contributed by atoms with Gasteiger partial charge < -0.3 is 15.0 Å². The first-order valence-electron chi connectivity index (χ1n) is 9.31. The Hall–Kier alpha value is -3.29. The van der Waals surface area contributed by atoms with Crippen LogP contribution in [0.2, 0.25) is 0 Å². The lowest BCUT2D eigenvalue weighted by Crippen LogP contribution is -2.41. The molecule has 1 aliphatic carbocycles. The van der Waals surface area contributed by atoms with E-state index in [9.17, 15) is 18.4 Å². The fraction of sp³-hybridized carbons (Fsp3) is 0.286. The Kier molecular flexibility index (Phi) is 3.74. The quantitative estimate of drug-likeness (QED) is 0.712. The van der Waals surface area contributed by atoms with E-state index in [1.54, 1.807) is 6.92 Å². The maximum absolute atomic E-state index is 13.7. The molecule has 2 aromatic heterocycles. The SMILES string of the molecule is Cc1c(C2(C(=O)N[C@H]3COc4cc(F)cnc43)CC2)c(=O)[nH]c2ccc(F)cc12. The van der Waals surface area contributed by atoms with Gasteiger partial charge in [-0.3, -0.25) is 14.6 Å². The highest BCUT2D eigenvalue weighted by Gasteiger charge is 2.54. The summed E-state index contributed by atoms with van der Waals surface area (Å²) in [6.45, 7) is 1.88. The molecule has 5 rings (SSSR count). The summed E-state index contributed by atoms with van der Waals surface area (Å²) in [5, 5.41) is 3.47. The van der Waals surface area contributed by atoms with Crippen molar-refractivity contribution in [3.63, 3.8) is 0 Å². The van der Waals surface area contributed by atoms with Crippen molar-refractivity contribution in [3.8, 4) is 5.75 Å². The summed E-state index contributed by atoms with van der Waals surface area (Å²) in [6.07, 6.45) is 2.11. The van der Waals surface area contributed by atoms with Gasteiger partial charge in [0.15, 0.2) is 0 Å². The number of hydrogen-bond donors (Lipinski definition) is 2. The molecule has 1 saturated carbocycles. The van der Waals surface area contributed by atoms with Gasteiger partial charge in [-0.1, -0.05) is 0 Å². The minimum atomic E-state index is -0.971. The van der Waals surface area contributed by atoms with Crippen LogP contribution in [-0.2, 0) is 10.2 Å². The van der Waals surface area contributed by atoms with E-state index in [0.29, 0.717) is 46.3 Å². The highest BCUT2D eigenvalue weighted by atomic mass is 19.1. The molecule has 29 heavy (non-hydrogen) atoms. The Morgan fingerprint density at radius 1 is 1.28 bits per heavy atom. The number of aromatic nitrogens is 2. The molecule has 6 nitrogen and oxygen atoms in total. The van der Waals surface area contributed by atoms with E-state index >= 15 is 0 Å². The number of nitrogens with zero attached hydrogens (tertiary/aromatic N) is 1. The van der Waals surface area contributed by atoms with Crippen LogP contribution in [0.15, 0.2) is 35.3 Å². The number of rotatable bonds is 3. The number of benzene rings is 1. The number of amides is 1. The summed E-state index contributed by atoms with van der Waals surface area (Å²) in [5.74, 6) is -0.935. The molecule has 2 aliphatic rings. The summed E-state index contributed by atoms with van der Waals surface area (Å²) in [4.78, 5) is 32.8. The number of hydrogen-bond acceptors (Lipinski definition) is 4. The van der Waals surface area contributed by atoms with E-state index in [1.807, 2.05) is 0 Å². The summed E-state index contributed by atoms with van der Waals surface area (Å²) < 4.78 is 32.5. The lowest BCUT2D eigenvalue weighted by molar-refractivity contribution is -0.124. The van der Waals surface area contributed by atoms with Gasteiger partial charge in [-0.2, -0.15) is 0 Å². The summed E-state index contributed by atoms with van der Waals surface area (Å²) in [5.41, 5.74) is 0.622. The van der Waals surface area contributed by atoms with Crippen LogP contribution >= 0.6 is 0 Å². The highest BCUT2D eigenvalue weighted by Crippen LogP contribution is 2.49. The van der Waals surface area contributed by atoms with Crippen LogP contribution in [-0.4, -0.2) is 22.5 Å². The van der Waals surface area contributed by atoms with Crippen LogP contribution in [0.25, 0.3) is 10.9 Å². The summed E-state index contributed by atoms with van der Waals surface area (Å²) in [6, 6.07) is 4.86. The van der Waals surface area contributed by atoms with Crippen LogP contribution in [0.4, 0.5) is 8.78 Å². The van der Waals surface area contributed by atoms with E-state index in [0.717, 1.165) is 6.20 Å². The van der Waals surface area contributed by atoms with Gasteiger partial charge in [0.1, 0.15) is 35.7 Å². The van der Waals surface area contributed by atoms with Crippen molar-refractivity contribution in [1.82, 2.24) is 15.3 Å². The minimum absolute atomic E-state index is 0.145. The van der Waals surface area contributed by atoms with Gasteiger partial charge in [0.2, 0.25) is 5.91 Å². The molecule has 0 saturated heterocycles. The fourth-order valence-electron chi connectivity index (χ4n) is 4.18. The number of fused-ring (bicyclic) bond motifs is 2. The zero-order valence-electron chi connectivity index (χ0n) is 15.5. The van der Waals surface area contributed by atoms with Crippen LogP contribution < -0.4 is 15.6 Å². The molecule has 8 heteroatoms. The molecule has 3 heterocycles. The average Bonchev–Trinajstić information content (AvgIpc) is 3.39. The number of H-pyrrole nitrogens is 1. The number of carbonyl (C=O) groups excluding carboxylic acids is 1. The molecule has 1 aliphatic heterocycles. The molecule has 1 atom stereocenters. The van der Waals surface area contributed by atoms with Gasteiger partial charge in [0, 0.05) is 22.5 Å². The lowest BCUT2D eigenvalue weighted by Gasteiger charge is -2.20. The Labute approximate surface area is 163 Å². The summed E-state index contributed by atoms with van der Waals surface area (Å²) in [7, 11) is 0. The second-order valence-corrected chi connectivity index (χ2v) is 7.60. The molecule has 1 fully saturated rings. The van der Waals surface area contributed by atoms with Crippen LogP contribution in [0, 0.1) is 18.6 Å². The lowest BCUT2D eigenvalue weighted by atomic mass is 9.90. The number of ether oxygens (including phenoxy) is 1. The van der Waals surface area contributed by atoms with E-state index in [-0.39, 0.29) is 18.1 Å². The third kappa shape index (κ3) is 2.70. The molecule has 0 unspecified atom stereocenters. The van der Waals surface area contributed by atoms with Gasteiger partial charge >= 0.3 is 0 Å². The van der Waals surface area contributed by atoms with Crippen molar-refractivity contribution in [2.45, 2.75) is 31.2 Å². The third-order valence-corrected chi connectivity index (χ3v) is 5.79. The molecule has 1 aromatic carbocycles. The Morgan fingerprint density at radius 2 is 2.07 bits per heavy atom. The molecular formula is C21H17F2N3O3. The number of carbonyl (C=O) groups is 1. The molecule has 1 amide bonds. The fourth-order valence-corrected chi connectivity index (χ4v) is 4.18. The second kappa shape index (κ2) is 6.10. The average molecular weight is 397 g/mol. The maximum Gasteiger partial charge on any atom is 0.252 e. The molecular weight excluding hydrogens is 380 g/mol. The minimum Gasteiger partial charge on any atom is -0.489 e. The molecule has 148 valence electrons. The number of nitrogens with one attached hydrogen (secondary N) is 2. The normalized spacial score (nSPS) is 18.9. The van der Waals surface area contributed by atoms with E-state index in [2.05, 4.69) is 15.3 Å². The van der Waals surface area contributed by atoms with Crippen molar-refractivity contribution in [2.75, 3.05) is 6.61 Å². The number of aromatic amines is 1. The van der Waals surface area contributed by atoms with Crippen LogP contribution in [0.3, 0.4) is 0 Å². The van der Waals surface area contributed by atoms with E-state index < -0.39 is 23.1 Å². The highest BCUT2D eigenvalue weighted by molar-refractivity contribution is 5.94. The largest absolute Gasteiger partial charge is 0.489 e. The first-order chi connectivity index (χ1) is 13.9. The number of pyridine rings is 2. The van der Waals surface area contributed by atoms with Crippen molar-refractivity contribution in [1.29, 1.82) is 0 Å². The standard InChI is InChI=1S/C21H17F2N3O3/c1-10-13-6-11(22)2-3-14(13)25-19(27)17(10)21(4-5-21)20(28)26-15-9-29-16-7-12(23)8-24-18(15)16/h2-3,6-8,15H,4-5,9H2,1H3,(H,25,27)(H,26,28)/t15-/m0/s1. The third-order valence-electron chi connectivity index (χ3n) is 5.79. The van der Waals surface area contributed by atoms with Crippen molar-refractivity contribution in [3.05, 3.63) is 69.3 Å². The van der Waals surface area contributed by atoms with Gasteiger partial charge in [-0.15, -0.1) is 0 Å². The molecule has 0 radical (unpaired) electrons. The summed E-state index contributed by atoms with van der Waals surface area (Å²) >= 11 is 0. The predicted molar refractivity (Wildman–Crippen MR) is 101 cm³/mol. The van der Waals surface area contributed by atoms with Crippen LogP contribution in [0.1, 0.15) is 35.7 Å². The van der Waals surface area contributed by atoms with Gasteiger partial charge in [0.05, 0.1) is 11.6 Å². The Balaban J connectivity index is 1.51. The molecule has 0 bridgehead atoms. The number of halogens is 2. The van der Waals surface area contributed by atoms with Gasteiger partial charge in [-0.05, 0) is 43.5 Å². The van der Waals surface area contributed by atoms with Crippen molar-refractivity contribution >= 4 is 16.8 Å². The first-order valence-corrected chi connectivity index (χ1v) is 9.31. The van der Waals surface area contributed by atoms with Crippen molar-refractivity contribution < 1.29 is 18.3 Å². The predicted octanol–water partition coefficient (Wildman–Crippen LogP) is 2.79. The van der Waals surface area contributed by atoms with Gasteiger partial charge in [0.25, 0.3) is 5.56 Å². The van der Waals surface area contributed by atoms with E-state index in [4.69, 9.17) is 4.74 Å². The van der Waals surface area contributed by atoms with E-state index in [1.165, 1.54) is 24.3 Å². The molecule has 2 N–H and O–H groups in total. The topological polar surface area (TPSA) is 84.1 Å². The Morgan fingerprint density at radius 3 is 2.83 bits per heavy atom. The smallest absolute Gasteiger partial charge is 0.252 e. The number of aryl methyl sites for hydroxylation is 1. The van der Waals surface area contributed by atoms with Crippen LogP contribution in [0.5, 0.6) is 5.75 Å². The first kappa shape index (κ1) is 17.8. The van der Waals surface area contributed by atoms with Crippen molar-refractivity contribution in [2.24, 2.45) is 0 Å². The molecule has 3 aromatic rings. The monoisotopic (exact) mass is 397 g/mol. The Bertz CT molecular complexity index is 1230. The van der Waals surface area contributed by atoms with Gasteiger partial charge in [-0.25, -0.2) is 8.78 Å². The molecule has 0 spiro atoms. The maximum atomic E-state index is 13.7. The second-order valence-electron chi connectivity index (χ2n) is 7.60. The zero-order chi connectivity index (χ0) is 20.3. The zero-order valence-corrected chi connectivity index (χ0v) is 15.5.